The maximum Gasteiger partial charge on any atom is 0.266 e. The molecule has 0 bridgehead atoms. The third-order valence-corrected chi connectivity index (χ3v) is 5.44. The molecule has 1 saturated heterocycles. The van der Waals surface area contributed by atoms with Crippen molar-refractivity contribution in [3.05, 3.63) is 51.5 Å². The molecule has 0 radical (unpaired) electrons. The van der Waals surface area contributed by atoms with Gasteiger partial charge in [0.05, 0.1) is 17.2 Å². The molecule has 1 fully saturated rings. The van der Waals surface area contributed by atoms with Crippen LogP contribution in [0.1, 0.15) is 37.3 Å². The van der Waals surface area contributed by atoms with E-state index in [0.29, 0.717) is 35.8 Å². The zero-order chi connectivity index (χ0) is 18.7. The minimum absolute atomic E-state index is 0.0918. The van der Waals surface area contributed by atoms with Crippen LogP contribution in [0.3, 0.4) is 0 Å². The number of amides is 3. The number of rotatable bonds is 4. The molecular formula is C18H20N4O3S. The summed E-state index contributed by atoms with van der Waals surface area (Å²) in [6.45, 7) is 3.12. The second-order valence-electron chi connectivity index (χ2n) is 6.09. The van der Waals surface area contributed by atoms with Crippen LogP contribution < -0.4 is 5.32 Å². The SMILES string of the molecule is CNC(=O)c1cccc([C@@H]2CN(C=O)CCN2C(=O)c2scnc2C)c1. The van der Waals surface area contributed by atoms with E-state index in [4.69, 9.17) is 0 Å². The second-order valence-corrected chi connectivity index (χ2v) is 6.94. The summed E-state index contributed by atoms with van der Waals surface area (Å²) in [5.74, 6) is -0.281. The minimum Gasteiger partial charge on any atom is -0.355 e. The Kier molecular flexibility index (Phi) is 5.32. The molecule has 1 aliphatic rings. The van der Waals surface area contributed by atoms with E-state index >= 15 is 0 Å². The van der Waals surface area contributed by atoms with Crippen LogP contribution in [0.2, 0.25) is 0 Å². The van der Waals surface area contributed by atoms with Gasteiger partial charge in [0.2, 0.25) is 6.41 Å². The van der Waals surface area contributed by atoms with Crippen molar-refractivity contribution >= 4 is 29.6 Å². The van der Waals surface area contributed by atoms with Gasteiger partial charge in [0.15, 0.2) is 0 Å². The quantitative estimate of drug-likeness (QED) is 0.824. The monoisotopic (exact) mass is 372 g/mol. The molecule has 0 unspecified atom stereocenters. The number of thiazole rings is 1. The molecule has 0 saturated carbocycles. The Hall–Kier alpha value is -2.74. The van der Waals surface area contributed by atoms with Crippen molar-refractivity contribution in [3.8, 4) is 0 Å². The van der Waals surface area contributed by atoms with Crippen LogP contribution in [0.15, 0.2) is 29.8 Å². The fraction of sp³-hybridized carbons (Fsp3) is 0.333. The lowest BCUT2D eigenvalue weighted by Crippen LogP contribution is -2.50. The van der Waals surface area contributed by atoms with Gasteiger partial charge in [-0.2, -0.15) is 0 Å². The molecule has 1 N–H and O–H groups in total. The molecule has 1 aromatic heterocycles. The Bertz CT molecular complexity index is 835. The van der Waals surface area contributed by atoms with Gasteiger partial charge in [-0.15, -0.1) is 11.3 Å². The van der Waals surface area contributed by atoms with Crippen LogP contribution in [0.25, 0.3) is 0 Å². The first kappa shape index (κ1) is 18.1. The predicted molar refractivity (Wildman–Crippen MR) is 98.1 cm³/mol. The summed E-state index contributed by atoms with van der Waals surface area (Å²) in [7, 11) is 1.58. The van der Waals surface area contributed by atoms with Gasteiger partial charge in [-0.25, -0.2) is 4.98 Å². The van der Waals surface area contributed by atoms with Crippen LogP contribution in [-0.4, -0.2) is 59.7 Å². The molecule has 3 rings (SSSR count). The summed E-state index contributed by atoms with van der Waals surface area (Å²) in [4.78, 5) is 44.5. The van der Waals surface area contributed by atoms with Gasteiger partial charge in [0.1, 0.15) is 4.88 Å². The molecule has 3 amide bonds. The summed E-state index contributed by atoms with van der Waals surface area (Å²) >= 11 is 1.32. The van der Waals surface area contributed by atoms with Gasteiger partial charge in [0.25, 0.3) is 11.8 Å². The van der Waals surface area contributed by atoms with Crippen molar-refractivity contribution < 1.29 is 14.4 Å². The molecule has 2 aromatic rings. The summed E-state index contributed by atoms with van der Waals surface area (Å²) in [5.41, 5.74) is 3.71. The summed E-state index contributed by atoms with van der Waals surface area (Å²) in [5, 5.41) is 2.60. The number of aromatic nitrogens is 1. The highest BCUT2D eigenvalue weighted by atomic mass is 32.1. The third kappa shape index (κ3) is 3.45. The van der Waals surface area contributed by atoms with Crippen molar-refractivity contribution in [1.82, 2.24) is 20.1 Å². The first-order valence-electron chi connectivity index (χ1n) is 8.27. The van der Waals surface area contributed by atoms with Gasteiger partial charge in [-0.1, -0.05) is 12.1 Å². The van der Waals surface area contributed by atoms with E-state index in [1.54, 1.807) is 40.6 Å². The highest BCUT2D eigenvalue weighted by Crippen LogP contribution is 2.29. The molecule has 1 aliphatic heterocycles. The van der Waals surface area contributed by atoms with Gasteiger partial charge in [0, 0.05) is 32.2 Å². The molecule has 26 heavy (non-hydrogen) atoms. The molecule has 7 nitrogen and oxygen atoms in total. The van der Waals surface area contributed by atoms with E-state index in [-0.39, 0.29) is 17.9 Å². The number of nitrogens with zero attached hydrogens (tertiary/aromatic N) is 3. The van der Waals surface area contributed by atoms with Crippen molar-refractivity contribution in [3.63, 3.8) is 0 Å². The Morgan fingerprint density at radius 3 is 2.81 bits per heavy atom. The average molecular weight is 372 g/mol. The van der Waals surface area contributed by atoms with Crippen LogP contribution in [-0.2, 0) is 4.79 Å². The van der Waals surface area contributed by atoms with Crippen molar-refractivity contribution in [1.29, 1.82) is 0 Å². The predicted octanol–water partition coefficient (Wildman–Crippen LogP) is 1.47. The van der Waals surface area contributed by atoms with E-state index in [9.17, 15) is 14.4 Å². The third-order valence-electron chi connectivity index (χ3n) is 4.52. The topological polar surface area (TPSA) is 82.6 Å². The summed E-state index contributed by atoms with van der Waals surface area (Å²) in [6, 6.07) is 6.86. The molecule has 1 atom stereocenters. The lowest BCUT2D eigenvalue weighted by molar-refractivity contribution is -0.120. The molecule has 2 heterocycles. The maximum atomic E-state index is 13.0. The van der Waals surface area contributed by atoms with E-state index in [2.05, 4.69) is 10.3 Å². The highest BCUT2D eigenvalue weighted by molar-refractivity contribution is 7.11. The standard InChI is InChI=1S/C18H20N4O3S/c1-12-16(26-10-20-12)18(25)22-7-6-21(11-23)9-15(22)13-4-3-5-14(8-13)17(24)19-2/h3-5,8,10-11,15H,6-7,9H2,1-2H3,(H,19,24)/t15-/m0/s1. The van der Waals surface area contributed by atoms with E-state index in [0.717, 1.165) is 12.0 Å². The fourth-order valence-corrected chi connectivity index (χ4v) is 3.85. The maximum absolute atomic E-state index is 13.0. The van der Waals surface area contributed by atoms with E-state index in [1.165, 1.54) is 11.3 Å². The van der Waals surface area contributed by atoms with Crippen LogP contribution >= 0.6 is 11.3 Å². The molecule has 0 aliphatic carbocycles. The number of benzene rings is 1. The van der Waals surface area contributed by atoms with Gasteiger partial charge in [-0.3, -0.25) is 14.4 Å². The highest BCUT2D eigenvalue weighted by Gasteiger charge is 2.33. The largest absolute Gasteiger partial charge is 0.355 e. The normalized spacial score (nSPS) is 17.1. The van der Waals surface area contributed by atoms with Gasteiger partial charge >= 0.3 is 0 Å². The van der Waals surface area contributed by atoms with Crippen molar-refractivity contribution in [2.75, 3.05) is 26.7 Å². The number of carbonyl (C=O) groups excluding carboxylic acids is 3. The Labute approximate surface area is 155 Å². The fourth-order valence-electron chi connectivity index (χ4n) is 3.10. The van der Waals surface area contributed by atoms with Crippen molar-refractivity contribution in [2.24, 2.45) is 0 Å². The second kappa shape index (κ2) is 7.65. The molecule has 8 heteroatoms. The number of carbonyl (C=O) groups is 3. The first-order chi connectivity index (χ1) is 12.5. The number of hydrogen-bond donors (Lipinski definition) is 1. The molecular weight excluding hydrogens is 352 g/mol. The summed E-state index contributed by atoms with van der Waals surface area (Å²) in [6.07, 6.45) is 0.801. The number of nitrogens with one attached hydrogen (secondary N) is 1. The Balaban J connectivity index is 1.96. The smallest absolute Gasteiger partial charge is 0.266 e. The average Bonchev–Trinajstić information content (AvgIpc) is 3.12. The Morgan fingerprint density at radius 2 is 2.15 bits per heavy atom. The molecule has 136 valence electrons. The van der Waals surface area contributed by atoms with Crippen LogP contribution in [0.4, 0.5) is 0 Å². The zero-order valence-electron chi connectivity index (χ0n) is 14.6. The summed E-state index contributed by atoms with van der Waals surface area (Å²) < 4.78 is 0. The molecule has 1 aromatic carbocycles. The number of hydrogen-bond acceptors (Lipinski definition) is 5. The Morgan fingerprint density at radius 1 is 1.35 bits per heavy atom. The van der Waals surface area contributed by atoms with Crippen LogP contribution in [0, 0.1) is 6.92 Å². The van der Waals surface area contributed by atoms with Gasteiger partial charge in [-0.05, 0) is 24.6 Å². The molecule has 0 spiro atoms. The first-order valence-corrected chi connectivity index (χ1v) is 9.15. The van der Waals surface area contributed by atoms with Crippen LogP contribution in [0.5, 0.6) is 0 Å². The number of aryl methyl sites for hydroxylation is 1. The van der Waals surface area contributed by atoms with E-state index < -0.39 is 0 Å². The lowest BCUT2D eigenvalue weighted by Gasteiger charge is -2.40. The minimum atomic E-state index is -0.312. The van der Waals surface area contributed by atoms with E-state index in [1.807, 2.05) is 13.0 Å². The lowest BCUT2D eigenvalue weighted by atomic mass is 9.99. The number of piperazine rings is 1. The zero-order valence-corrected chi connectivity index (χ0v) is 15.5. The van der Waals surface area contributed by atoms with Crippen molar-refractivity contribution in [2.45, 2.75) is 13.0 Å². The van der Waals surface area contributed by atoms with Gasteiger partial charge < -0.3 is 15.1 Å².